The van der Waals surface area contributed by atoms with Crippen LogP contribution in [0.4, 0.5) is 21.0 Å². The Kier molecular flexibility index (Phi) is 25.0. The standard InChI is InChI=1S/C20H31N3O4.C13H24N2O4.C7H9NO/c1-13(2)14(3)18(25)11-16(5-4-10-22-20(21)27)19(26)23-17-8-6-15(12-24)7-9-17;1-8(2)9(3)11(16)7-10(12(17)18)5-4-6-15-13(14)19;8-7-3-1-6(5-9)2-4-7/h6-9,13-14,16,24H,4-5,10-12H2,1-3H3,(H,23,26)(H3,21,22,27);8-10H,4-7H2,1-3H3,(H,17,18)(H3,14,15,19);1-4,9H,5,8H2/t14?,16-;9?,10-;/m11./s1. The molecule has 15 heteroatoms. The molecule has 0 radical (unpaired) electrons. The summed E-state index contributed by atoms with van der Waals surface area (Å²) >= 11 is 0. The fourth-order valence-corrected chi connectivity index (χ4v) is 4.92. The summed E-state index contributed by atoms with van der Waals surface area (Å²) in [5.41, 5.74) is 18.3. The predicted molar refractivity (Wildman–Crippen MR) is 213 cm³/mol. The smallest absolute Gasteiger partial charge is 0.312 e. The molecule has 15 nitrogen and oxygen atoms in total. The van der Waals surface area contributed by atoms with Crippen molar-refractivity contribution in [1.82, 2.24) is 10.6 Å². The van der Waals surface area contributed by atoms with Crippen molar-refractivity contribution in [3.05, 3.63) is 59.7 Å². The lowest BCUT2D eigenvalue weighted by atomic mass is 9.86. The number of anilines is 2. The van der Waals surface area contributed by atoms with Gasteiger partial charge in [-0.25, -0.2) is 9.59 Å². The van der Waals surface area contributed by atoms with E-state index in [0.717, 1.165) is 16.8 Å². The minimum absolute atomic E-state index is 0.0229. The number of nitrogens with one attached hydrogen (secondary N) is 3. The number of carboxylic acids is 1. The zero-order chi connectivity index (χ0) is 42.1. The van der Waals surface area contributed by atoms with Crippen LogP contribution in [0.1, 0.15) is 91.2 Å². The molecule has 308 valence electrons. The molecule has 0 aromatic heterocycles. The molecule has 55 heavy (non-hydrogen) atoms. The molecule has 0 saturated heterocycles. The monoisotopic (exact) mass is 772 g/mol. The van der Waals surface area contributed by atoms with E-state index in [9.17, 15) is 28.8 Å². The van der Waals surface area contributed by atoms with E-state index >= 15 is 0 Å². The van der Waals surface area contributed by atoms with Gasteiger partial charge in [-0.05, 0) is 72.9 Å². The predicted octanol–water partition coefficient (Wildman–Crippen LogP) is 4.58. The van der Waals surface area contributed by atoms with Crippen LogP contribution in [-0.2, 0) is 32.4 Å². The third kappa shape index (κ3) is 22.7. The van der Waals surface area contributed by atoms with Gasteiger partial charge in [0.05, 0.1) is 19.1 Å². The average Bonchev–Trinajstić information content (AvgIpc) is 3.13. The first-order valence-corrected chi connectivity index (χ1v) is 18.6. The van der Waals surface area contributed by atoms with Gasteiger partial charge in [-0.15, -0.1) is 0 Å². The minimum Gasteiger partial charge on any atom is -0.481 e. The van der Waals surface area contributed by atoms with Crippen molar-refractivity contribution in [3.63, 3.8) is 0 Å². The number of hydrogen-bond donors (Lipinski definition) is 9. The normalized spacial score (nSPS) is 12.8. The SMILES string of the molecule is CC(C)C(C)C(=O)C[C@@H](CCCNC(N)=O)C(=O)Nc1ccc(CO)cc1.CC(C)C(C)C(=O)C[C@@H](CCCNC(N)=O)C(=O)O.Nc1ccc(CO)cc1. The number of carbonyl (C=O) groups is 6. The minimum atomic E-state index is -0.969. The van der Waals surface area contributed by atoms with Crippen LogP contribution in [0.5, 0.6) is 0 Å². The number of aliphatic hydroxyl groups is 2. The van der Waals surface area contributed by atoms with Gasteiger partial charge in [0.25, 0.3) is 0 Å². The van der Waals surface area contributed by atoms with Crippen LogP contribution < -0.4 is 33.2 Å². The van der Waals surface area contributed by atoms with Crippen LogP contribution in [0.15, 0.2) is 48.5 Å². The fourth-order valence-electron chi connectivity index (χ4n) is 4.92. The molecule has 0 aliphatic rings. The van der Waals surface area contributed by atoms with E-state index in [1.165, 1.54) is 0 Å². The number of hydrogen-bond acceptors (Lipinski definition) is 9. The molecule has 5 amide bonds. The van der Waals surface area contributed by atoms with E-state index in [1.807, 2.05) is 41.5 Å². The quantitative estimate of drug-likeness (QED) is 0.0629. The van der Waals surface area contributed by atoms with Gasteiger partial charge in [0.2, 0.25) is 5.91 Å². The van der Waals surface area contributed by atoms with Crippen LogP contribution in [0.25, 0.3) is 0 Å². The molecular weight excluding hydrogens is 708 g/mol. The Morgan fingerprint density at radius 1 is 0.618 bits per heavy atom. The number of nitrogen functional groups attached to an aromatic ring is 1. The van der Waals surface area contributed by atoms with E-state index in [-0.39, 0.29) is 67.2 Å². The van der Waals surface area contributed by atoms with Gasteiger partial charge in [-0.1, -0.05) is 65.8 Å². The maximum absolute atomic E-state index is 12.7. The van der Waals surface area contributed by atoms with Crippen molar-refractivity contribution >= 4 is 46.9 Å². The maximum Gasteiger partial charge on any atom is 0.312 e. The summed E-state index contributed by atoms with van der Waals surface area (Å²) in [5.74, 6) is -2.16. The van der Waals surface area contributed by atoms with Gasteiger partial charge < -0.3 is 48.5 Å². The summed E-state index contributed by atoms with van der Waals surface area (Å²) in [6.07, 6.45) is 2.07. The van der Waals surface area contributed by atoms with Gasteiger partial charge in [-0.2, -0.15) is 0 Å². The van der Waals surface area contributed by atoms with Gasteiger partial charge in [-0.3, -0.25) is 19.2 Å². The van der Waals surface area contributed by atoms with Gasteiger partial charge in [0.15, 0.2) is 0 Å². The number of urea groups is 2. The Morgan fingerprint density at radius 3 is 1.36 bits per heavy atom. The van der Waals surface area contributed by atoms with E-state index in [0.29, 0.717) is 44.5 Å². The second kappa shape index (κ2) is 27.5. The van der Waals surface area contributed by atoms with Crippen LogP contribution in [0.2, 0.25) is 0 Å². The Morgan fingerprint density at radius 2 is 1.00 bits per heavy atom. The Bertz CT molecular complexity index is 1470. The molecule has 4 atom stereocenters. The molecule has 0 aliphatic heterocycles. The van der Waals surface area contributed by atoms with E-state index in [4.69, 9.17) is 32.5 Å². The largest absolute Gasteiger partial charge is 0.481 e. The topological polar surface area (TPSA) is 277 Å². The number of rotatable bonds is 21. The number of carboxylic acid groups (broad SMARTS) is 1. The zero-order valence-electron chi connectivity index (χ0n) is 33.2. The summed E-state index contributed by atoms with van der Waals surface area (Å²) in [6, 6.07) is 12.8. The van der Waals surface area contributed by atoms with Gasteiger partial charge >= 0.3 is 18.0 Å². The van der Waals surface area contributed by atoms with Crippen molar-refractivity contribution < 1.29 is 44.1 Å². The fraction of sp³-hybridized carbons (Fsp3) is 0.550. The number of primary amides is 2. The number of ketones is 2. The van der Waals surface area contributed by atoms with Crippen molar-refractivity contribution in [2.24, 2.45) is 47.0 Å². The lowest BCUT2D eigenvalue weighted by Crippen LogP contribution is -2.32. The third-order valence-electron chi connectivity index (χ3n) is 9.25. The molecule has 0 aliphatic carbocycles. The molecule has 0 fully saturated rings. The second-order valence-electron chi connectivity index (χ2n) is 14.2. The van der Waals surface area contributed by atoms with Crippen LogP contribution >= 0.6 is 0 Å². The molecule has 12 N–H and O–H groups in total. The maximum atomic E-state index is 12.7. The number of aliphatic carboxylic acids is 1. The highest BCUT2D eigenvalue weighted by molar-refractivity contribution is 5.96. The summed E-state index contributed by atoms with van der Waals surface area (Å²) in [4.78, 5) is 69.4. The molecule has 0 bridgehead atoms. The molecule has 0 saturated carbocycles. The molecule has 2 unspecified atom stereocenters. The van der Waals surface area contributed by atoms with Crippen molar-refractivity contribution in [2.75, 3.05) is 24.1 Å². The Labute approximate surface area is 325 Å². The molecule has 0 heterocycles. The number of carbonyl (C=O) groups excluding carboxylic acids is 5. The van der Waals surface area contributed by atoms with Gasteiger partial charge in [0.1, 0.15) is 11.6 Å². The molecule has 2 aromatic carbocycles. The van der Waals surface area contributed by atoms with Crippen LogP contribution in [-0.4, -0.2) is 63.9 Å². The zero-order valence-corrected chi connectivity index (χ0v) is 33.2. The van der Waals surface area contributed by atoms with E-state index in [1.54, 1.807) is 48.5 Å². The van der Waals surface area contributed by atoms with Crippen LogP contribution in [0, 0.1) is 35.5 Å². The number of aliphatic hydroxyl groups excluding tert-OH is 2. The first kappa shape index (κ1) is 50.0. The first-order chi connectivity index (χ1) is 25.8. The summed E-state index contributed by atoms with van der Waals surface area (Å²) in [6.45, 7) is 12.3. The average molecular weight is 773 g/mol. The lowest BCUT2D eigenvalue weighted by molar-refractivity contribution is -0.144. The van der Waals surface area contributed by atoms with Crippen molar-refractivity contribution in [2.45, 2.75) is 93.3 Å². The molecular formula is C40H64N6O9. The lowest BCUT2D eigenvalue weighted by Gasteiger charge is -2.20. The Hall–Kier alpha value is -5.02. The van der Waals surface area contributed by atoms with Crippen molar-refractivity contribution in [1.29, 1.82) is 0 Å². The Balaban J connectivity index is 0.000000896. The highest BCUT2D eigenvalue weighted by Gasteiger charge is 2.27. The van der Waals surface area contributed by atoms with Crippen molar-refractivity contribution in [3.8, 4) is 0 Å². The molecule has 2 aromatic rings. The highest BCUT2D eigenvalue weighted by Crippen LogP contribution is 2.22. The summed E-state index contributed by atoms with van der Waals surface area (Å²) in [7, 11) is 0. The number of amides is 5. The second-order valence-corrected chi connectivity index (χ2v) is 14.2. The molecule has 2 rings (SSSR count). The summed E-state index contributed by atoms with van der Waals surface area (Å²) < 4.78 is 0. The number of Topliss-reactive ketones (excluding diaryl/α,β-unsaturated/α-hetero) is 2. The third-order valence-corrected chi connectivity index (χ3v) is 9.25. The van der Waals surface area contributed by atoms with Gasteiger partial charge in [0, 0.05) is 55.1 Å². The summed E-state index contributed by atoms with van der Waals surface area (Å²) in [5, 5.41) is 34.5. The van der Waals surface area contributed by atoms with Crippen LogP contribution in [0.3, 0.4) is 0 Å². The highest BCUT2D eigenvalue weighted by atomic mass is 16.4. The number of nitrogens with two attached hydrogens (primary N) is 3. The molecule has 0 spiro atoms. The van der Waals surface area contributed by atoms with E-state index in [2.05, 4.69) is 16.0 Å². The number of benzene rings is 2. The van der Waals surface area contributed by atoms with E-state index < -0.39 is 29.9 Å². The first-order valence-electron chi connectivity index (χ1n) is 18.6.